The topological polar surface area (TPSA) is 47.3 Å². The third-order valence-electron chi connectivity index (χ3n) is 3.23. The molecule has 0 spiro atoms. The summed E-state index contributed by atoms with van der Waals surface area (Å²) in [6.07, 6.45) is 0.716. The number of nitrogens with one attached hydrogen (secondary N) is 1. The second-order valence-corrected chi connectivity index (χ2v) is 4.86. The third kappa shape index (κ3) is 4.51. The van der Waals surface area contributed by atoms with E-state index in [1.54, 1.807) is 12.1 Å². The van der Waals surface area contributed by atoms with Crippen LogP contribution < -0.4 is 16.0 Å². The third-order valence-corrected chi connectivity index (χ3v) is 3.23. The van der Waals surface area contributed by atoms with Gasteiger partial charge in [0, 0.05) is 6.04 Å². The molecule has 0 amide bonds. The molecule has 0 fully saturated rings. The van der Waals surface area contributed by atoms with Gasteiger partial charge >= 0.3 is 6.61 Å². The number of benzene rings is 2. The van der Waals surface area contributed by atoms with Gasteiger partial charge in [0.1, 0.15) is 5.75 Å². The lowest BCUT2D eigenvalue weighted by Crippen LogP contribution is -2.29. The lowest BCUT2D eigenvalue weighted by atomic mass is 9.98. The maximum atomic E-state index is 12.1. The molecule has 0 bridgehead atoms. The Balaban J connectivity index is 2.10. The van der Waals surface area contributed by atoms with Gasteiger partial charge in [-0.05, 0) is 36.6 Å². The summed E-state index contributed by atoms with van der Waals surface area (Å²) in [7, 11) is 0. The molecule has 112 valence electrons. The quantitative estimate of drug-likeness (QED) is 0.634. The maximum Gasteiger partial charge on any atom is 0.387 e. The van der Waals surface area contributed by atoms with Gasteiger partial charge < -0.3 is 4.74 Å². The van der Waals surface area contributed by atoms with Crippen molar-refractivity contribution in [3.8, 4) is 5.75 Å². The Morgan fingerprint density at radius 2 is 1.86 bits per heavy atom. The highest BCUT2D eigenvalue weighted by molar-refractivity contribution is 5.31. The molecule has 0 aromatic heterocycles. The lowest BCUT2D eigenvalue weighted by molar-refractivity contribution is -0.0498. The number of hydrogen-bond acceptors (Lipinski definition) is 3. The highest BCUT2D eigenvalue weighted by atomic mass is 19.3. The normalized spacial score (nSPS) is 12.4. The van der Waals surface area contributed by atoms with Crippen molar-refractivity contribution in [3.63, 3.8) is 0 Å². The first kappa shape index (κ1) is 15.4. The van der Waals surface area contributed by atoms with Crippen molar-refractivity contribution in [1.29, 1.82) is 0 Å². The predicted octanol–water partition coefficient (Wildman–Crippen LogP) is 3.34. The summed E-state index contributed by atoms with van der Waals surface area (Å²) in [5, 5.41) is 0. The van der Waals surface area contributed by atoms with Crippen LogP contribution in [0.1, 0.15) is 22.7 Å². The molecule has 3 nitrogen and oxygen atoms in total. The monoisotopic (exact) mass is 292 g/mol. The Kier molecular flexibility index (Phi) is 5.25. The van der Waals surface area contributed by atoms with Gasteiger partial charge in [0.25, 0.3) is 0 Å². The summed E-state index contributed by atoms with van der Waals surface area (Å²) in [4.78, 5) is 0. The zero-order chi connectivity index (χ0) is 15.2. The number of nitrogens with two attached hydrogens (primary N) is 1. The maximum absolute atomic E-state index is 12.1. The second-order valence-electron chi connectivity index (χ2n) is 4.86. The molecular weight excluding hydrogens is 274 g/mol. The Morgan fingerprint density at radius 1 is 1.14 bits per heavy atom. The Morgan fingerprint density at radius 3 is 2.43 bits per heavy atom. The van der Waals surface area contributed by atoms with Gasteiger partial charge in [-0.3, -0.25) is 11.3 Å². The van der Waals surface area contributed by atoms with Crippen LogP contribution in [0.2, 0.25) is 0 Å². The van der Waals surface area contributed by atoms with Gasteiger partial charge in [-0.2, -0.15) is 8.78 Å². The first-order valence-corrected chi connectivity index (χ1v) is 6.65. The molecule has 5 heteroatoms. The van der Waals surface area contributed by atoms with Crippen LogP contribution in [0, 0.1) is 6.92 Å². The van der Waals surface area contributed by atoms with Crippen molar-refractivity contribution >= 4 is 0 Å². The van der Waals surface area contributed by atoms with Crippen LogP contribution in [0.25, 0.3) is 0 Å². The summed E-state index contributed by atoms with van der Waals surface area (Å²) in [5.74, 6) is 5.75. The highest BCUT2D eigenvalue weighted by Gasteiger charge is 2.11. The zero-order valence-corrected chi connectivity index (χ0v) is 11.7. The number of hydrazine groups is 1. The summed E-state index contributed by atoms with van der Waals surface area (Å²) in [5.41, 5.74) is 6.02. The molecular formula is C16H18F2N2O. The van der Waals surface area contributed by atoms with E-state index >= 15 is 0 Å². The molecule has 0 aliphatic rings. The molecule has 2 aromatic carbocycles. The largest absolute Gasteiger partial charge is 0.435 e. The Labute approximate surface area is 122 Å². The van der Waals surface area contributed by atoms with Crippen molar-refractivity contribution in [2.24, 2.45) is 5.84 Å². The number of alkyl halides is 2. The fraction of sp³-hybridized carbons (Fsp3) is 0.250. The van der Waals surface area contributed by atoms with E-state index in [9.17, 15) is 8.78 Å². The van der Waals surface area contributed by atoms with Gasteiger partial charge in [-0.15, -0.1) is 0 Å². The van der Waals surface area contributed by atoms with Crippen molar-refractivity contribution in [1.82, 2.24) is 5.43 Å². The van der Waals surface area contributed by atoms with E-state index in [-0.39, 0.29) is 11.8 Å². The average molecular weight is 292 g/mol. The SMILES string of the molecule is Cc1cccc(CC(NN)c2ccc(OC(F)F)cc2)c1. The molecule has 0 saturated carbocycles. The minimum absolute atomic E-state index is 0.0904. The van der Waals surface area contributed by atoms with E-state index in [0.717, 1.165) is 11.1 Å². The number of hydrogen-bond donors (Lipinski definition) is 2. The molecule has 1 unspecified atom stereocenters. The highest BCUT2D eigenvalue weighted by Crippen LogP contribution is 2.22. The molecule has 0 aliphatic heterocycles. The average Bonchev–Trinajstić information content (AvgIpc) is 2.45. The Bertz CT molecular complexity index is 573. The minimum atomic E-state index is -2.81. The fourth-order valence-electron chi connectivity index (χ4n) is 2.23. The van der Waals surface area contributed by atoms with Gasteiger partial charge in [0.15, 0.2) is 0 Å². The minimum Gasteiger partial charge on any atom is -0.435 e. The molecule has 2 aromatic rings. The summed E-state index contributed by atoms with van der Waals surface area (Å²) < 4.78 is 28.6. The number of ether oxygens (including phenoxy) is 1. The van der Waals surface area contributed by atoms with E-state index in [1.165, 1.54) is 17.7 Å². The first-order valence-electron chi connectivity index (χ1n) is 6.65. The molecule has 0 saturated heterocycles. The van der Waals surface area contributed by atoms with E-state index in [2.05, 4.69) is 16.2 Å². The lowest BCUT2D eigenvalue weighted by Gasteiger charge is -2.17. The second kappa shape index (κ2) is 7.15. The van der Waals surface area contributed by atoms with E-state index in [1.807, 2.05) is 25.1 Å². The number of rotatable bonds is 6. The van der Waals surface area contributed by atoms with Crippen LogP contribution in [0.15, 0.2) is 48.5 Å². The molecule has 1 atom stereocenters. The molecule has 21 heavy (non-hydrogen) atoms. The van der Waals surface area contributed by atoms with E-state index < -0.39 is 6.61 Å². The summed E-state index contributed by atoms with van der Waals surface area (Å²) >= 11 is 0. The Hall–Kier alpha value is -1.98. The van der Waals surface area contributed by atoms with E-state index in [4.69, 9.17) is 5.84 Å². The fourth-order valence-corrected chi connectivity index (χ4v) is 2.23. The predicted molar refractivity (Wildman–Crippen MR) is 78.0 cm³/mol. The molecule has 0 heterocycles. The van der Waals surface area contributed by atoms with Gasteiger partial charge in [0.2, 0.25) is 0 Å². The number of halogens is 2. The standard InChI is InChI=1S/C16H18F2N2O/c1-11-3-2-4-12(9-11)10-15(20-19)13-5-7-14(8-6-13)21-16(17)18/h2-9,15-16,20H,10,19H2,1H3. The molecule has 2 rings (SSSR count). The summed E-state index contributed by atoms with van der Waals surface area (Å²) in [6, 6.07) is 14.6. The zero-order valence-electron chi connectivity index (χ0n) is 11.7. The van der Waals surface area contributed by atoms with Gasteiger partial charge in [-0.25, -0.2) is 0 Å². The van der Waals surface area contributed by atoms with Crippen molar-refractivity contribution in [3.05, 3.63) is 65.2 Å². The van der Waals surface area contributed by atoms with Crippen LogP contribution in [0.3, 0.4) is 0 Å². The van der Waals surface area contributed by atoms with Crippen molar-refractivity contribution < 1.29 is 13.5 Å². The van der Waals surface area contributed by atoms with Gasteiger partial charge in [-0.1, -0.05) is 42.0 Å². The molecule has 0 radical (unpaired) electrons. The van der Waals surface area contributed by atoms with Crippen molar-refractivity contribution in [2.45, 2.75) is 26.0 Å². The van der Waals surface area contributed by atoms with Crippen LogP contribution in [-0.2, 0) is 6.42 Å². The van der Waals surface area contributed by atoms with Crippen molar-refractivity contribution in [2.75, 3.05) is 0 Å². The molecule has 3 N–H and O–H groups in total. The van der Waals surface area contributed by atoms with Crippen LogP contribution in [-0.4, -0.2) is 6.61 Å². The molecule has 0 aliphatic carbocycles. The van der Waals surface area contributed by atoms with Crippen LogP contribution >= 0.6 is 0 Å². The van der Waals surface area contributed by atoms with Crippen LogP contribution in [0.4, 0.5) is 8.78 Å². The number of aryl methyl sites for hydroxylation is 1. The van der Waals surface area contributed by atoms with Crippen LogP contribution in [0.5, 0.6) is 5.75 Å². The summed E-state index contributed by atoms with van der Waals surface area (Å²) in [6.45, 7) is -0.781. The van der Waals surface area contributed by atoms with E-state index in [0.29, 0.717) is 6.42 Å². The first-order chi connectivity index (χ1) is 10.1. The smallest absolute Gasteiger partial charge is 0.387 e. The van der Waals surface area contributed by atoms with Gasteiger partial charge in [0.05, 0.1) is 0 Å².